The number of rotatable bonds is 3. The van der Waals surface area contributed by atoms with Crippen LogP contribution in [0.3, 0.4) is 0 Å². The maximum absolute atomic E-state index is 13.7. The third kappa shape index (κ3) is 2.96. The molecule has 2 aromatic rings. The van der Waals surface area contributed by atoms with Crippen LogP contribution in [0.15, 0.2) is 72.3 Å². The van der Waals surface area contributed by atoms with Gasteiger partial charge >= 0.3 is 0 Å². The fourth-order valence-corrected chi connectivity index (χ4v) is 1.62. The zero-order valence-electron chi connectivity index (χ0n) is 10.3. The Hall–Kier alpha value is -2.36. The zero-order valence-corrected chi connectivity index (χ0v) is 10.3. The molecule has 0 heterocycles. The van der Waals surface area contributed by atoms with Crippen LogP contribution < -0.4 is 0 Å². The molecule has 0 bridgehead atoms. The molecule has 4 heteroatoms. The van der Waals surface area contributed by atoms with E-state index in [0.717, 1.165) is 0 Å². The van der Waals surface area contributed by atoms with E-state index in [4.69, 9.17) is 0 Å². The second-order valence-corrected chi connectivity index (χ2v) is 3.99. The van der Waals surface area contributed by atoms with Crippen molar-refractivity contribution in [1.82, 2.24) is 0 Å². The number of benzene rings is 2. The van der Waals surface area contributed by atoms with E-state index in [-0.39, 0.29) is 11.1 Å². The van der Waals surface area contributed by atoms with E-state index in [1.54, 1.807) is 12.1 Å². The van der Waals surface area contributed by atoms with Crippen LogP contribution in [0.4, 0.5) is 17.6 Å². The summed E-state index contributed by atoms with van der Waals surface area (Å²) in [5.41, 5.74) is -0.304. The van der Waals surface area contributed by atoms with Gasteiger partial charge in [0.15, 0.2) is 23.3 Å². The summed E-state index contributed by atoms with van der Waals surface area (Å²) in [6.07, 6.45) is 0. The first-order chi connectivity index (χ1) is 9.61. The summed E-state index contributed by atoms with van der Waals surface area (Å²) in [6.45, 7) is 0. The Bertz CT molecular complexity index is 583. The lowest BCUT2D eigenvalue weighted by atomic mass is 10.1. The largest absolute Gasteiger partial charge is 0.203 e. The molecule has 0 N–H and O–H groups in total. The summed E-state index contributed by atoms with van der Waals surface area (Å²) in [4.78, 5) is 0. The molecule has 102 valence electrons. The second kappa shape index (κ2) is 6.19. The monoisotopic (exact) mass is 278 g/mol. The minimum Gasteiger partial charge on any atom is -0.203 e. The van der Waals surface area contributed by atoms with Crippen molar-refractivity contribution in [2.75, 3.05) is 0 Å². The number of hydrogen-bond acceptors (Lipinski definition) is 0. The summed E-state index contributed by atoms with van der Waals surface area (Å²) in [6, 6.07) is 14.1. The molecule has 0 aliphatic heterocycles. The van der Waals surface area contributed by atoms with Gasteiger partial charge in [0, 0.05) is 11.1 Å². The first kappa shape index (κ1) is 14.1. The predicted molar refractivity (Wildman–Crippen MR) is 71.2 cm³/mol. The van der Waals surface area contributed by atoms with Crippen molar-refractivity contribution in [3.8, 4) is 0 Å². The lowest BCUT2D eigenvalue weighted by molar-refractivity contribution is 0.519. The maximum Gasteiger partial charge on any atom is 0.198 e. The average molecular weight is 278 g/mol. The summed E-state index contributed by atoms with van der Waals surface area (Å²) >= 11 is 0. The SMILES string of the molecule is FC(C(F)=C(F)c1ccccc1)=C(F)c1ccccc1. The van der Waals surface area contributed by atoms with E-state index in [9.17, 15) is 17.6 Å². The Morgan fingerprint density at radius 3 is 1.10 bits per heavy atom. The van der Waals surface area contributed by atoms with Crippen LogP contribution in [-0.2, 0) is 0 Å². The molecular formula is C16H10F4. The van der Waals surface area contributed by atoms with E-state index in [0.29, 0.717) is 0 Å². The number of halogens is 4. The van der Waals surface area contributed by atoms with Crippen molar-refractivity contribution in [3.05, 3.63) is 83.4 Å². The van der Waals surface area contributed by atoms with Crippen molar-refractivity contribution < 1.29 is 17.6 Å². The third-order valence-electron chi connectivity index (χ3n) is 2.63. The van der Waals surface area contributed by atoms with Crippen molar-refractivity contribution in [2.24, 2.45) is 0 Å². The minimum atomic E-state index is -1.85. The molecule has 0 fully saturated rings. The molecule has 0 spiro atoms. The van der Waals surface area contributed by atoms with Crippen LogP contribution >= 0.6 is 0 Å². The summed E-state index contributed by atoms with van der Waals surface area (Å²) in [7, 11) is 0. The highest BCUT2D eigenvalue weighted by molar-refractivity contribution is 5.71. The lowest BCUT2D eigenvalue weighted by Crippen LogP contribution is -1.88. The van der Waals surface area contributed by atoms with Gasteiger partial charge in [-0.1, -0.05) is 60.7 Å². The molecular weight excluding hydrogens is 268 g/mol. The first-order valence-corrected chi connectivity index (χ1v) is 5.83. The first-order valence-electron chi connectivity index (χ1n) is 5.83. The Labute approximate surface area is 113 Å². The Morgan fingerprint density at radius 2 is 0.800 bits per heavy atom. The summed E-state index contributed by atoms with van der Waals surface area (Å²) in [5, 5.41) is 0. The van der Waals surface area contributed by atoms with Gasteiger partial charge in [0.05, 0.1) is 0 Å². The van der Waals surface area contributed by atoms with Gasteiger partial charge in [-0.05, 0) is 0 Å². The molecule has 0 aliphatic carbocycles. The van der Waals surface area contributed by atoms with Crippen LogP contribution in [0, 0.1) is 0 Å². The Balaban J connectivity index is 2.44. The molecule has 2 rings (SSSR count). The van der Waals surface area contributed by atoms with Gasteiger partial charge in [0.2, 0.25) is 0 Å². The minimum absolute atomic E-state index is 0.152. The topological polar surface area (TPSA) is 0 Å². The normalized spacial score (nSPS) is 13.6. The molecule has 0 radical (unpaired) electrons. The van der Waals surface area contributed by atoms with Crippen LogP contribution in [0.2, 0.25) is 0 Å². The Morgan fingerprint density at radius 1 is 0.500 bits per heavy atom. The van der Waals surface area contributed by atoms with Gasteiger partial charge in [-0.25, -0.2) is 17.6 Å². The van der Waals surface area contributed by atoms with Gasteiger partial charge in [-0.3, -0.25) is 0 Å². The van der Waals surface area contributed by atoms with Gasteiger partial charge in [-0.2, -0.15) is 0 Å². The van der Waals surface area contributed by atoms with Crippen LogP contribution in [-0.4, -0.2) is 0 Å². The lowest BCUT2D eigenvalue weighted by Gasteiger charge is -2.02. The molecule has 0 nitrogen and oxygen atoms in total. The molecule has 20 heavy (non-hydrogen) atoms. The van der Waals surface area contributed by atoms with Gasteiger partial charge in [0.25, 0.3) is 0 Å². The average Bonchev–Trinajstić information content (AvgIpc) is 2.53. The molecule has 0 saturated heterocycles. The molecule has 0 atom stereocenters. The molecule has 0 unspecified atom stereocenters. The number of hydrogen-bond donors (Lipinski definition) is 0. The van der Waals surface area contributed by atoms with E-state index < -0.39 is 23.3 Å². The second-order valence-electron chi connectivity index (χ2n) is 3.99. The fraction of sp³-hybridized carbons (Fsp3) is 0. The van der Waals surface area contributed by atoms with Crippen molar-refractivity contribution in [3.63, 3.8) is 0 Å². The molecule has 0 amide bonds. The van der Waals surface area contributed by atoms with E-state index in [1.807, 2.05) is 0 Å². The standard InChI is InChI=1S/C16H10F4/c17-13(11-7-3-1-4-8-11)15(19)16(20)14(18)12-9-5-2-6-10-12/h1-10H. The summed E-state index contributed by atoms with van der Waals surface area (Å²) in [5.74, 6) is -6.57. The van der Waals surface area contributed by atoms with Crippen molar-refractivity contribution in [1.29, 1.82) is 0 Å². The number of allylic oxidation sites excluding steroid dienone is 2. The van der Waals surface area contributed by atoms with E-state index >= 15 is 0 Å². The molecule has 0 saturated carbocycles. The van der Waals surface area contributed by atoms with Gasteiger partial charge in [-0.15, -0.1) is 0 Å². The maximum atomic E-state index is 13.7. The van der Waals surface area contributed by atoms with Crippen molar-refractivity contribution in [2.45, 2.75) is 0 Å². The quantitative estimate of drug-likeness (QED) is 0.506. The Kier molecular flexibility index (Phi) is 4.35. The van der Waals surface area contributed by atoms with Crippen LogP contribution in [0.1, 0.15) is 11.1 Å². The van der Waals surface area contributed by atoms with E-state index in [1.165, 1.54) is 48.5 Å². The van der Waals surface area contributed by atoms with Crippen LogP contribution in [0.25, 0.3) is 11.7 Å². The molecule has 2 aromatic carbocycles. The fourth-order valence-electron chi connectivity index (χ4n) is 1.62. The highest BCUT2D eigenvalue weighted by atomic mass is 19.2. The predicted octanol–water partition coefficient (Wildman–Crippen LogP) is 5.60. The molecule has 0 aromatic heterocycles. The third-order valence-corrected chi connectivity index (χ3v) is 2.63. The van der Waals surface area contributed by atoms with Crippen molar-refractivity contribution >= 4 is 11.7 Å². The van der Waals surface area contributed by atoms with Crippen LogP contribution in [0.5, 0.6) is 0 Å². The van der Waals surface area contributed by atoms with Gasteiger partial charge in [0.1, 0.15) is 0 Å². The smallest absolute Gasteiger partial charge is 0.198 e. The molecule has 0 aliphatic rings. The van der Waals surface area contributed by atoms with Gasteiger partial charge < -0.3 is 0 Å². The zero-order chi connectivity index (χ0) is 14.5. The highest BCUT2D eigenvalue weighted by Gasteiger charge is 2.19. The van der Waals surface area contributed by atoms with E-state index in [2.05, 4.69) is 0 Å². The summed E-state index contributed by atoms with van der Waals surface area (Å²) < 4.78 is 54.7. The highest BCUT2D eigenvalue weighted by Crippen LogP contribution is 2.32.